The minimum atomic E-state index is 0. The molecule has 0 atom stereocenters. The van der Waals surface area contributed by atoms with E-state index in [2.05, 4.69) is 0 Å². The molecular weight excluding hydrogens is 295 g/mol. The molecule has 0 saturated heterocycles. The summed E-state index contributed by atoms with van der Waals surface area (Å²) < 4.78 is 8.30. The van der Waals surface area contributed by atoms with Crippen LogP contribution < -0.4 is 18.9 Å². The Morgan fingerprint density at radius 2 is 1.40 bits per heavy atom. The van der Waals surface area contributed by atoms with Crippen LogP contribution in [0.4, 0.5) is 0 Å². The molecule has 1 nitrogen and oxygen atoms in total. The molecule has 0 aromatic heterocycles. The van der Waals surface area contributed by atoms with Gasteiger partial charge in [0.1, 0.15) is 0 Å². The average Bonchev–Trinajstić information content (AvgIpc) is 1.00. The van der Waals surface area contributed by atoms with E-state index in [0.29, 0.717) is 21.0 Å². The van der Waals surface area contributed by atoms with Crippen LogP contribution in [0.1, 0.15) is 1.43 Å². The van der Waals surface area contributed by atoms with E-state index in [0.717, 1.165) is 0 Å². The molecule has 0 aliphatic rings. The van der Waals surface area contributed by atoms with Crippen LogP contribution in [0.5, 0.6) is 0 Å². The fraction of sp³-hybridized carbons (Fsp3) is 0. The molecule has 0 fully saturated rings. The topological polar surface area (TPSA) is 17.1 Å². The summed E-state index contributed by atoms with van der Waals surface area (Å²) in [6.45, 7) is 0. The summed E-state index contributed by atoms with van der Waals surface area (Å²) in [4.78, 5) is 0. The number of hydrogen-bond donors (Lipinski definition) is 0. The van der Waals surface area contributed by atoms with E-state index >= 15 is 0 Å². The molecule has 0 aliphatic heterocycles. The summed E-state index contributed by atoms with van der Waals surface area (Å²) in [7, 11) is 0. The quantitative estimate of drug-likeness (QED) is 0.435. The summed E-state index contributed by atoms with van der Waals surface area (Å²) in [5.41, 5.74) is 0. The third-order valence-electron chi connectivity index (χ3n) is 0. The molecule has 0 N–H and O–H groups in total. The van der Waals surface area contributed by atoms with Gasteiger partial charge in [0, 0.05) is 73.3 Å². The predicted octanol–water partition coefficient (Wildman–Crippen LogP) is -3.00. The van der Waals surface area contributed by atoms with E-state index < -0.39 is 0 Å². The first-order chi connectivity index (χ1) is 1.00. The van der Waals surface area contributed by atoms with Crippen molar-refractivity contribution in [2.45, 2.75) is 0 Å². The second-order valence-corrected chi connectivity index (χ2v) is 0. The van der Waals surface area contributed by atoms with Gasteiger partial charge in [0.2, 0.25) is 0 Å². The van der Waals surface area contributed by atoms with Crippen LogP contribution in [0.25, 0.3) is 0 Å². The van der Waals surface area contributed by atoms with Gasteiger partial charge in [-0.25, -0.2) is 0 Å². The Morgan fingerprint density at radius 1 is 1.40 bits per heavy atom. The van der Waals surface area contributed by atoms with Gasteiger partial charge >= 0.3 is 43.2 Å². The molecule has 0 aliphatic carbocycles. The summed E-state index contributed by atoms with van der Waals surface area (Å²) >= 11 is 0.500. The van der Waals surface area contributed by atoms with E-state index in [1.807, 2.05) is 0 Å². The minimum absolute atomic E-state index is 0. The third-order valence-corrected chi connectivity index (χ3v) is 0. The molecule has 0 bridgehead atoms. The van der Waals surface area contributed by atoms with Gasteiger partial charge in [-0.05, 0) is 0 Å². The second-order valence-electron chi connectivity index (χ2n) is 0. The number of rotatable bonds is 0. The van der Waals surface area contributed by atoms with Gasteiger partial charge in [-0.15, -0.1) is 0 Å². The standard InChI is InChI=1S/Ar.La.Li.Nb.O.H/q;;+1;;;-1. The van der Waals surface area contributed by atoms with Gasteiger partial charge in [0.15, 0.2) is 0 Å². The summed E-state index contributed by atoms with van der Waals surface area (Å²) in [5, 5.41) is 0. The summed E-state index contributed by atoms with van der Waals surface area (Å²) in [6, 6.07) is 0. The van der Waals surface area contributed by atoms with Crippen LogP contribution in [0.15, 0.2) is 0 Å². The molecule has 1 radical (unpaired) electrons. The third kappa shape index (κ3) is 18.4. The zero-order chi connectivity index (χ0) is 2.00. The van der Waals surface area contributed by atoms with Crippen LogP contribution in [0.3, 0.4) is 0 Å². The van der Waals surface area contributed by atoms with E-state index in [1.165, 1.54) is 0 Å². The van der Waals surface area contributed by atoms with Crippen molar-refractivity contribution >= 4 is 0 Å². The van der Waals surface area contributed by atoms with E-state index in [1.54, 1.807) is 0 Å². The maximum atomic E-state index is 8.30. The van der Waals surface area contributed by atoms with Crippen molar-refractivity contribution in [2.24, 2.45) is 0 Å². The Morgan fingerprint density at radius 3 is 1.40 bits per heavy atom. The fourth-order valence-electron chi connectivity index (χ4n) is 0. The van der Waals surface area contributed by atoms with Crippen LogP contribution in [-0.2, 0) is 24.3 Å². The van der Waals surface area contributed by atoms with Crippen molar-refractivity contribution in [1.82, 2.24) is 0 Å². The molecule has 0 saturated carbocycles. The Balaban J connectivity index is -0.000000000833. The van der Waals surface area contributed by atoms with Crippen molar-refractivity contribution in [3.63, 3.8) is 0 Å². The summed E-state index contributed by atoms with van der Waals surface area (Å²) in [5.74, 6) is 0. The first-order valence-electron chi connectivity index (χ1n) is 0.183. The van der Waals surface area contributed by atoms with Gasteiger partial charge < -0.3 is 1.43 Å². The van der Waals surface area contributed by atoms with Crippen LogP contribution in [0, 0.1) is 73.3 Å². The zero-order valence-electron chi connectivity index (χ0n) is 3.79. The van der Waals surface area contributed by atoms with Gasteiger partial charge in [0.05, 0.1) is 0 Å². The fourth-order valence-corrected chi connectivity index (χ4v) is 0. The van der Waals surface area contributed by atoms with Crippen molar-refractivity contribution in [3.8, 4) is 0 Å². The van der Waals surface area contributed by atoms with E-state index in [4.69, 9.17) is 3.25 Å². The molecule has 5 heavy (non-hydrogen) atoms. The Hall–Kier alpha value is 3.59. The second kappa shape index (κ2) is 25.6. The molecule has 0 rings (SSSR count). The van der Waals surface area contributed by atoms with Crippen molar-refractivity contribution in [1.29, 1.82) is 0 Å². The molecule has 0 aromatic carbocycles. The molecule has 24 valence electrons. The van der Waals surface area contributed by atoms with Crippen molar-refractivity contribution in [3.05, 3.63) is 0 Å². The Kier molecular flexibility index (Phi) is 120. The van der Waals surface area contributed by atoms with Crippen molar-refractivity contribution < 1.29 is 118 Å². The van der Waals surface area contributed by atoms with E-state index in [9.17, 15) is 0 Å². The van der Waals surface area contributed by atoms with Crippen molar-refractivity contribution in [2.75, 3.05) is 0 Å². The molecule has 0 unspecified atom stereocenters. The Labute approximate surface area is 115 Å². The van der Waals surface area contributed by atoms with Crippen LogP contribution in [-0.4, -0.2) is 0 Å². The Bertz CT molecular complexity index is 15.5. The normalized spacial score (nSPS) is 0.600. The molecule has 0 amide bonds. The van der Waals surface area contributed by atoms with Crippen LogP contribution in [0.2, 0.25) is 0 Å². The average molecular weight is 296 g/mol. The first-order valence-corrected chi connectivity index (χ1v) is 1.08. The predicted molar refractivity (Wildman–Crippen MR) is 1.80 cm³/mol. The van der Waals surface area contributed by atoms with Gasteiger partial charge in [-0.1, -0.05) is 0 Å². The van der Waals surface area contributed by atoms with Crippen LogP contribution >= 0.6 is 0 Å². The van der Waals surface area contributed by atoms with Gasteiger partial charge in [-0.3, -0.25) is 0 Å². The SMILES string of the molecule is [Ar].[H-].[La].[Li+].[O]=[Nb]. The molecule has 0 spiro atoms. The molecule has 0 heterocycles. The van der Waals surface area contributed by atoms with Gasteiger partial charge in [0.25, 0.3) is 0 Å². The molecule has 5 heteroatoms. The van der Waals surface area contributed by atoms with Gasteiger partial charge in [-0.2, -0.15) is 0 Å². The molecule has 0 aromatic rings. The monoisotopic (exact) mass is 296 g/mol. The number of hydrogen-bond acceptors (Lipinski definition) is 1. The maximum absolute atomic E-state index is 8.30. The molecular formula is HArLaLiNbO. The first kappa shape index (κ1) is 23.5. The summed E-state index contributed by atoms with van der Waals surface area (Å²) in [6.07, 6.45) is 0. The zero-order valence-corrected chi connectivity index (χ0v) is 9.32. The van der Waals surface area contributed by atoms with E-state index in [-0.39, 0.29) is 93.6 Å².